The van der Waals surface area contributed by atoms with Crippen molar-refractivity contribution in [1.82, 2.24) is 25.8 Å². The molecule has 0 spiro atoms. The zero-order valence-corrected chi connectivity index (χ0v) is 25.1. The van der Waals surface area contributed by atoms with Crippen molar-refractivity contribution in [3.8, 4) is 0 Å². The maximum atomic E-state index is 13.9. The van der Waals surface area contributed by atoms with Crippen molar-refractivity contribution in [3.05, 3.63) is 71.9 Å². The molecule has 2 heterocycles. The molecule has 1 aliphatic carbocycles. The van der Waals surface area contributed by atoms with Gasteiger partial charge in [0.05, 0.1) is 6.04 Å². The van der Waals surface area contributed by atoms with E-state index in [1.807, 2.05) is 61.6 Å². The first kappa shape index (κ1) is 31.0. The van der Waals surface area contributed by atoms with E-state index in [1.54, 1.807) is 10.6 Å². The third kappa shape index (κ3) is 7.53. The largest absolute Gasteiger partial charge is 0.356 e. The van der Waals surface area contributed by atoms with E-state index in [4.69, 9.17) is 0 Å². The van der Waals surface area contributed by atoms with Gasteiger partial charge in [-0.25, -0.2) is 0 Å². The molecule has 2 fully saturated rings. The molecular weight excluding hydrogens is 558 g/mol. The Morgan fingerprint density at radius 3 is 2.32 bits per heavy atom. The van der Waals surface area contributed by atoms with Crippen LogP contribution in [0.15, 0.2) is 60.7 Å². The lowest BCUT2D eigenvalue weighted by atomic mass is 9.84. The van der Waals surface area contributed by atoms with Crippen molar-refractivity contribution in [2.45, 2.75) is 70.0 Å². The second-order valence-electron chi connectivity index (χ2n) is 12.0. The number of amides is 4. The number of fused-ring (bicyclic) bond motifs is 1. The summed E-state index contributed by atoms with van der Waals surface area (Å²) in [7, 11) is 1.81. The fourth-order valence-corrected chi connectivity index (χ4v) is 6.41. The molecule has 5 rings (SSSR count). The Morgan fingerprint density at radius 1 is 0.886 bits per heavy atom. The van der Waals surface area contributed by atoms with Crippen molar-refractivity contribution in [3.63, 3.8) is 0 Å². The minimum atomic E-state index is -1.21. The summed E-state index contributed by atoms with van der Waals surface area (Å²) in [6.45, 7) is 0.630. The fourth-order valence-electron chi connectivity index (χ4n) is 6.41. The maximum absolute atomic E-state index is 13.9. The number of hydrogen-bond donors (Lipinski definition) is 4. The Morgan fingerprint density at radius 2 is 1.61 bits per heavy atom. The Labute approximate surface area is 257 Å². The summed E-state index contributed by atoms with van der Waals surface area (Å²) in [5.41, 5.74) is 2.14. The molecule has 1 saturated heterocycles. The number of hydrogen-bond acceptors (Lipinski definition) is 5. The molecule has 3 aromatic rings. The van der Waals surface area contributed by atoms with E-state index >= 15 is 0 Å². The number of nitrogens with one attached hydrogen (secondary N) is 4. The van der Waals surface area contributed by atoms with Crippen LogP contribution >= 0.6 is 0 Å². The van der Waals surface area contributed by atoms with Crippen molar-refractivity contribution in [1.29, 1.82) is 0 Å². The third-order valence-corrected chi connectivity index (χ3v) is 8.94. The van der Waals surface area contributed by atoms with Crippen LogP contribution < -0.4 is 21.3 Å². The van der Waals surface area contributed by atoms with E-state index in [0.29, 0.717) is 25.1 Å². The highest BCUT2D eigenvalue weighted by Crippen LogP contribution is 2.28. The lowest BCUT2D eigenvalue weighted by Gasteiger charge is -2.28. The molecule has 10 nitrogen and oxygen atoms in total. The van der Waals surface area contributed by atoms with Crippen LogP contribution in [0.3, 0.4) is 0 Å². The molecule has 1 aromatic heterocycles. The molecule has 4 N–H and O–H groups in total. The molecule has 4 amide bonds. The van der Waals surface area contributed by atoms with Gasteiger partial charge in [-0.3, -0.25) is 24.0 Å². The predicted molar refractivity (Wildman–Crippen MR) is 166 cm³/mol. The first-order chi connectivity index (χ1) is 21.3. The van der Waals surface area contributed by atoms with Crippen LogP contribution in [0, 0.1) is 11.8 Å². The average Bonchev–Trinajstić information content (AvgIpc) is 3.61. The van der Waals surface area contributed by atoms with Gasteiger partial charge in [0.2, 0.25) is 17.6 Å². The Hall–Kier alpha value is -4.47. The first-order valence-corrected chi connectivity index (χ1v) is 15.6. The van der Waals surface area contributed by atoms with Crippen LogP contribution in [0.4, 0.5) is 0 Å². The summed E-state index contributed by atoms with van der Waals surface area (Å²) in [5, 5.41) is 12.0. The normalized spacial score (nSPS) is 18.3. The number of para-hydroxylation sites is 1. The minimum absolute atomic E-state index is 0.00244. The minimum Gasteiger partial charge on any atom is -0.356 e. The van der Waals surface area contributed by atoms with Crippen molar-refractivity contribution >= 4 is 40.3 Å². The topological polar surface area (TPSA) is 138 Å². The number of ketones is 1. The van der Waals surface area contributed by atoms with Gasteiger partial charge < -0.3 is 25.8 Å². The maximum Gasteiger partial charge on any atom is 0.289 e. The molecule has 2 aliphatic rings. The van der Waals surface area contributed by atoms with Crippen molar-refractivity contribution < 1.29 is 24.0 Å². The molecule has 232 valence electrons. The van der Waals surface area contributed by atoms with Crippen LogP contribution in [-0.2, 0) is 32.8 Å². The van der Waals surface area contributed by atoms with Crippen LogP contribution in [0.25, 0.3) is 10.9 Å². The van der Waals surface area contributed by atoms with Crippen LogP contribution in [-0.4, -0.2) is 52.6 Å². The van der Waals surface area contributed by atoms with Gasteiger partial charge in [-0.1, -0.05) is 80.6 Å². The van der Waals surface area contributed by atoms with E-state index < -0.39 is 41.5 Å². The van der Waals surface area contributed by atoms with Gasteiger partial charge in [0.1, 0.15) is 11.7 Å². The van der Waals surface area contributed by atoms with E-state index in [2.05, 4.69) is 21.3 Å². The monoisotopic (exact) mass is 599 g/mol. The molecule has 44 heavy (non-hydrogen) atoms. The zero-order chi connectivity index (χ0) is 31.1. The number of benzene rings is 2. The van der Waals surface area contributed by atoms with Gasteiger partial charge in [-0.15, -0.1) is 0 Å². The molecule has 3 atom stereocenters. The highest BCUT2D eigenvalue weighted by molar-refractivity contribution is 6.38. The lowest BCUT2D eigenvalue weighted by Crippen LogP contribution is -2.55. The van der Waals surface area contributed by atoms with Gasteiger partial charge in [-0.05, 0) is 42.9 Å². The van der Waals surface area contributed by atoms with Gasteiger partial charge in [-0.2, -0.15) is 0 Å². The summed E-state index contributed by atoms with van der Waals surface area (Å²) in [5.74, 6) is -3.03. The Balaban J connectivity index is 1.34. The summed E-state index contributed by atoms with van der Waals surface area (Å²) in [4.78, 5) is 66.3. The van der Waals surface area contributed by atoms with E-state index in [0.717, 1.165) is 48.6 Å². The second kappa shape index (κ2) is 14.3. The smallest absolute Gasteiger partial charge is 0.289 e. The highest BCUT2D eigenvalue weighted by Gasteiger charge is 2.36. The molecule has 0 radical (unpaired) electrons. The van der Waals surface area contributed by atoms with E-state index in [9.17, 15) is 24.0 Å². The molecule has 1 aliphatic heterocycles. The summed E-state index contributed by atoms with van der Waals surface area (Å²) < 4.78 is 1.79. The highest BCUT2D eigenvalue weighted by atomic mass is 16.2. The second-order valence-corrected chi connectivity index (χ2v) is 12.0. The van der Waals surface area contributed by atoms with Crippen molar-refractivity contribution in [2.24, 2.45) is 18.9 Å². The molecule has 1 saturated carbocycles. The summed E-state index contributed by atoms with van der Waals surface area (Å²) in [6, 6.07) is 16.5. The number of nitrogens with zero attached hydrogens (tertiary/aromatic N) is 1. The number of carbonyl (C=O) groups is 5. The molecule has 1 unspecified atom stereocenters. The standard InChI is InChI=1S/C34H41N5O5/c1-39-28-15-9-8-14-24(28)20-29(39)33(43)38-27(18-22-10-4-2-5-11-22)32(42)37-26(19-25-16-17-35-31(25)41)30(40)34(44)36-21-23-12-6-3-7-13-23/h3,6-9,12-15,20,22,25-27H,2,4-5,10-11,16-19,21H2,1H3,(H,35,41)(H,36,44)(H,37,42)(H,38,43)/t25-,26?,27-/m0/s1. The average molecular weight is 600 g/mol. The van der Waals surface area contributed by atoms with Gasteiger partial charge in [0, 0.05) is 37.0 Å². The Bertz CT molecular complexity index is 1510. The molecular formula is C34H41N5O5. The lowest BCUT2D eigenvalue weighted by molar-refractivity contribution is -0.141. The molecule has 2 aromatic carbocycles. The van der Waals surface area contributed by atoms with E-state index in [1.165, 1.54) is 0 Å². The quantitative estimate of drug-likeness (QED) is 0.237. The number of carbonyl (C=O) groups excluding carboxylic acids is 5. The number of aryl methyl sites for hydroxylation is 1. The molecule has 10 heteroatoms. The first-order valence-electron chi connectivity index (χ1n) is 15.6. The number of Topliss-reactive ketones (excluding diaryl/α,β-unsaturated/α-hetero) is 1. The van der Waals surface area contributed by atoms with Crippen LogP contribution in [0.1, 0.15) is 67.4 Å². The van der Waals surface area contributed by atoms with Crippen molar-refractivity contribution in [2.75, 3.05) is 6.54 Å². The summed E-state index contributed by atoms with van der Waals surface area (Å²) >= 11 is 0. The van der Waals surface area contributed by atoms with Gasteiger partial charge in [0.25, 0.3) is 11.8 Å². The van der Waals surface area contributed by atoms with Gasteiger partial charge >= 0.3 is 0 Å². The fraction of sp³-hybridized carbons (Fsp3) is 0.441. The zero-order valence-electron chi connectivity index (χ0n) is 25.1. The predicted octanol–water partition coefficient (Wildman–Crippen LogP) is 3.14. The third-order valence-electron chi connectivity index (χ3n) is 8.94. The Kier molecular flexibility index (Phi) is 10.1. The SMILES string of the molecule is Cn1c(C(=O)N[C@@H](CC2CCCCC2)C(=O)NC(C[C@@H]2CCNC2=O)C(=O)C(=O)NCc2ccccc2)cc2ccccc21. The number of rotatable bonds is 12. The van der Waals surface area contributed by atoms with Crippen LogP contribution in [0.5, 0.6) is 0 Å². The number of aromatic nitrogens is 1. The van der Waals surface area contributed by atoms with E-state index in [-0.39, 0.29) is 24.8 Å². The van der Waals surface area contributed by atoms with Crippen LogP contribution in [0.2, 0.25) is 0 Å². The molecule has 0 bridgehead atoms. The van der Waals surface area contributed by atoms with Gasteiger partial charge in [0.15, 0.2) is 0 Å². The summed E-state index contributed by atoms with van der Waals surface area (Å²) in [6.07, 6.45) is 6.13.